The summed E-state index contributed by atoms with van der Waals surface area (Å²) in [5.41, 5.74) is -2.41. The molecule has 5 heteroatoms. The molecule has 0 aliphatic rings. The fraction of sp³-hybridized carbons (Fsp3) is 1.00. The van der Waals surface area contributed by atoms with Crippen molar-refractivity contribution in [1.29, 1.82) is 0 Å². The molecule has 0 spiro atoms. The molecule has 0 amide bonds. The van der Waals surface area contributed by atoms with Gasteiger partial charge in [0.1, 0.15) is 0 Å². The highest BCUT2D eigenvalue weighted by atomic mass is 19.4. The van der Waals surface area contributed by atoms with Crippen LogP contribution in [0.5, 0.6) is 0 Å². The zero-order valence-electron chi connectivity index (χ0n) is 8.13. The fourth-order valence-electron chi connectivity index (χ4n) is 0.866. The molecule has 0 rings (SSSR count). The van der Waals surface area contributed by atoms with Crippen LogP contribution in [0.2, 0.25) is 0 Å². The van der Waals surface area contributed by atoms with Gasteiger partial charge in [0.25, 0.3) is 0 Å². The molecule has 0 saturated carbocycles. The van der Waals surface area contributed by atoms with Crippen molar-refractivity contribution in [3.05, 3.63) is 0 Å². The molecular weight excluding hydrogens is 188 g/mol. The Morgan fingerprint density at radius 3 is 1.46 bits per heavy atom. The summed E-state index contributed by atoms with van der Waals surface area (Å²) in [6.45, 7) is 4.05. The molecule has 0 fully saturated rings. The van der Waals surface area contributed by atoms with E-state index in [-0.39, 0.29) is 6.42 Å². The first kappa shape index (κ1) is 12.7. The van der Waals surface area contributed by atoms with Gasteiger partial charge in [-0.15, -0.1) is 0 Å². The molecule has 0 bridgehead atoms. The topological polar surface area (TPSA) is 9.23 Å². The van der Waals surface area contributed by atoms with E-state index in [1.165, 1.54) is 6.92 Å². The van der Waals surface area contributed by atoms with E-state index in [1.54, 1.807) is 0 Å². The predicted octanol–water partition coefficient (Wildman–Crippen LogP) is 3.44. The highest BCUT2D eigenvalue weighted by Gasteiger charge is 2.53. The summed E-state index contributed by atoms with van der Waals surface area (Å²) in [7, 11) is 0. The van der Waals surface area contributed by atoms with Gasteiger partial charge in [-0.3, -0.25) is 0 Å². The third-order valence-corrected chi connectivity index (χ3v) is 1.74. The van der Waals surface area contributed by atoms with Gasteiger partial charge in [-0.1, -0.05) is 6.92 Å². The van der Waals surface area contributed by atoms with Gasteiger partial charge in [-0.25, -0.2) is 4.39 Å². The van der Waals surface area contributed by atoms with Crippen LogP contribution in [0.15, 0.2) is 0 Å². The standard InChI is InChI=1S/C8H14F4O/c1-5-7(4,8(10,11)12)13-6(2,3)9/h5H2,1-4H3. The molecular formula is C8H14F4O. The molecule has 0 radical (unpaired) electrons. The van der Waals surface area contributed by atoms with Crippen LogP contribution in [0.4, 0.5) is 17.6 Å². The smallest absolute Gasteiger partial charge is 0.330 e. The van der Waals surface area contributed by atoms with E-state index >= 15 is 0 Å². The highest BCUT2D eigenvalue weighted by molar-refractivity contribution is 4.84. The second-order valence-electron chi connectivity index (χ2n) is 3.55. The molecule has 0 aromatic heterocycles. The van der Waals surface area contributed by atoms with Crippen LogP contribution in [0.3, 0.4) is 0 Å². The summed E-state index contributed by atoms with van der Waals surface area (Å²) in [5.74, 6) is -2.28. The van der Waals surface area contributed by atoms with E-state index in [9.17, 15) is 17.6 Å². The van der Waals surface area contributed by atoms with E-state index in [0.717, 1.165) is 20.8 Å². The van der Waals surface area contributed by atoms with Gasteiger partial charge in [0.15, 0.2) is 5.60 Å². The maximum Gasteiger partial charge on any atom is 0.417 e. The van der Waals surface area contributed by atoms with Gasteiger partial charge in [0.2, 0.25) is 5.85 Å². The van der Waals surface area contributed by atoms with Crippen molar-refractivity contribution in [2.45, 2.75) is 51.7 Å². The predicted molar refractivity (Wildman–Crippen MR) is 41.0 cm³/mol. The number of hydrogen-bond acceptors (Lipinski definition) is 1. The van der Waals surface area contributed by atoms with Gasteiger partial charge < -0.3 is 4.74 Å². The molecule has 0 aliphatic heterocycles. The van der Waals surface area contributed by atoms with Crippen LogP contribution in [0.1, 0.15) is 34.1 Å². The van der Waals surface area contributed by atoms with E-state index < -0.39 is 17.6 Å². The number of alkyl halides is 4. The molecule has 0 N–H and O–H groups in total. The molecule has 80 valence electrons. The van der Waals surface area contributed by atoms with E-state index in [2.05, 4.69) is 4.74 Å². The maximum absolute atomic E-state index is 12.9. The van der Waals surface area contributed by atoms with Crippen LogP contribution < -0.4 is 0 Å². The average Bonchev–Trinajstić information content (AvgIpc) is 1.81. The summed E-state index contributed by atoms with van der Waals surface area (Å²) in [4.78, 5) is 0. The number of hydrogen-bond donors (Lipinski definition) is 0. The van der Waals surface area contributed by atoms with E-state index in [4.69, 9.17) is 0 Å². The third-order valence-electron chi connectivity index (χ3n) is 1.74. The number of rotatable bonds is 3. The molecule has 0 aliphatic carbocycles. The van der Waals surface area contributed by atoms with E-state index in [1.807, 2.05) is 0 Å². The third kappa shape index (κ3) is 3.50. The van der Waals surface area contributed by atoms with Crippen molar-refractivity contribution in [3.8, 4) is 0 Å². The van der Waals surface area contributed by atoms with Crippen LogP contribution in [0.25, 0.3) is 0 Å². The average molecular weight is 202 g/mol. The van der Waals surface area contributed by atoms with Crippen molar-refractivity contribution < 1.29 is 22.3 Å². The molecule has 13 heavy (non-hydrogen) atoms. The Bertz CT molecular complexity index is 170. The molecule has 1 atom stereocenters. The number of halogens is 4. The summed E-state index contributed by atoms with van der Waals surface area (Å²) in [6, 6.07) is 0. The first-order chi connectivity index (χ1) is 5.52. The quantitative estimate of drug-likeness (QED) is 0.637. The van der Waals surface area contributed by atoms with Gasteiger partial charge >= 0.3 is 6.18 Å². The lowest BCUT2D eigenvalue weighted by Gasteiger charge is -2.35. The second kappa shape index (κ2) is 3.44. The summed E-state index contributed by atoms with van der Waals surface area (Å²) in [5, 5.41) is 0. The molecule has 0 saturated heterocycles. The van der Waals surface area contributed by atoms with Crippen molar-refractivity contribution >= 4 is 0 Å². The first-order valence-electron chi connectivity index (χ1n) is 3.97. The lowest BCUT2D eigenvalue weighted by atomic mass is 10.0. The molecule has 0 heterocycles. The van der Waals surface area contributed by atoms with Crippen molar-refractivity contribution in [1.82, 2.24) is 0 Å². The fourth-order valence-corrected chi connectivity index (χ4v) is 0.866. The summed E-state index contributed by atoms with van der Waals surface area (Å²) < 4.78 is 54.3. The Kier molecular flexibility index (Phi) is 3.36. The lowest BCUT2D eigenvalue weighted by Crippen LogP contribution is -2.48. The number of ether oxygens (including phenoxy) is 1. The Labute approximate surface area is 75.1 Å². The van der Waals surface area contributed by atoms with Gasteiger partial charge in [-0.2, -0.15) is 13.2 Å². The minimum atomic E-state index is -4.55. The van der Waals surface area contributed by atoms with Gasteiger partial charge in [-0.05, 0) is 27.2 Å². The van der Waals surface area contributed by atoms with Crippen LogP contribution >= 0.6 is 0 Å². The monoisotopic (exact) mass is 202 g/mol. The van der Waals surface area contributed by atoms with Gasteiger partial charge in [0, 0.05) is 0 Å². The molecule has 1 unspecified atom stereocenters. The zero-order valence-corrected chi connectivity index (χ0v) is 8.13. The van der Waals surface area contributed by atoms with Crippen LogP contribution in [-0.2, 0) is 4.74 Å². The van der Waals surface area contributed by atoms with Crippen molar-refractivity contribution in [3.63, 3.8) is 0 Å². The zero-order chi connectivity index (χ0) is 10.9. The summed E-state index contributed by atoms with van der Waals surface area (Å²) in [6.07, 6.45) is -4.87. The largest absolute Gasteiger partial charge is 0.417 e. The summed E-state index contributed by atoms with van der Waals surface area (Å²) >= 11 is 0. The molecule has 0 aromatic rings. The van der Waals surface area contributed by atoms with Crippen LogP contribution in [-0.4, -0.2) is 17.6 Å². The lowest BCUT2D eigenvalue weighted by molar-refractivity contribution is -0.321. The van der Waals surface area contributed by atoms with Crippen molar-refractivity contribution in [2.75, 3.05) is 0 Å². The molecule has 1 nitrogen and oxygen atoms in total. The Morgan fingerprint density at radius 2 is 1.38 bits per heavy atom. The minimum absolute atomic E-state index is 0.316. The Hall–Kier alpha value is -0.320. The van der Waals surface area contributed by atoms with E-state index in [0.29, 0.717) is 0 Å². The minimum Gasteiger partial charge on any atom is -0.330 e. The first-order valence-corrected chi connectivity index (χ1v) is 3.97. The second-order valence-corrected chi connectivity index (χ2v) is 3.55. The maximum atomic E-state index is 12.9. The SMILES string of the molecule is CCC(C)(OC(C)(C)F)C(F)(F)F. The normalized spacial score (nSPS) is 18.5. The van der Waals surface area contributed by atoms with Crippen molar-refractivity contribution in [2.24, 2.45) is 0 Å². The van der Waals surface area contributed by atoms with Crippen LogP contribution in [0, 0.1) is 0 Å². The van der Waals surface area contributed by atoms with Gasteiger partial charge in [0.05, 0.1) is 0 Å². The molecule has 0 aromatic carbocycles. The Balaban J connectivity index is 4.67. The Morgan fingerprint density at radius 1 is 1.00 bits per heavy atom. The highest BCUT2D eigenvalue weighted by Crippen LogP contribution is 2.39.